The van der Waals surface area contributed by atoms with Crippen molar-refractivity contribution in [1.82, 2.24) is 5.32 Å². The Labute approximate surface area is 112 Å². The maximum absolute atomic E-state index is 11.9. The van der Waals surface area contributed by atoms with E-state index in [9.17, 15) is 9.59 Å². The number of nitrogens with one attached hydrogen (secondary N) is 3. The number of carbonyl (C=O) groups excluding carboxylic acids is 2. The summed E-state index contributed by atoms with van der Waals surface area (Å²) in [5.74, 6) is 0.0867. The first-order valence-corrected chi connectivity index (χ1v) is 6.60. The lowest BCUT2D eigenvalue weighted by atomic mass is 10.1. The Kier molecular flexibility index (Phi) is 4.52. The molecule has 0 bridgehead atoms. The molecule has 5 nitrogen and oxygen atoms in total. The molecule has 0 aliphatic carbocycles. The van der Waals surface area contributed by atoms with Gasteiger partial charge >= 0.3 is 0 Å². The third-order valence-corrected chi connectivity index (χ3v) is 3.19. The molecule has 2 amide bonds. The van der Waals surface area contributed by atoms with E-state index in [1.54, 1.807) is 31.2 Å². The molecule has 1 aromatic rings. The second-order valence-electron chi connectivity index (χ2n) is 4.66. The molecule has 5 heteroatoms. The van der Waals surface area contributed by atoms with Gasteiger partial charge in [0.05, 0.1) is 5.92 Å². The first-order valence-electron chi connectivity index (χ1n) is 6.60. The van der Waals surface area contributed by atoms with Crippen molar-refractivity contribution < 1.29 is 9.59 Å². The molecule has 1 aromatic carbocycles. The monoisotopic (exact) mass is 261 g/mol. The molecule has 0 aromatic heterocycles. The number of rotatable bonds is 4. The Hall–Kier alpha value is -1.88. The molecule has 1 unspecified atom stereocenters. The standard InChI is InChI=1S/C14H19N3O2/c1-2-13(18)16-11-3-5-12(6-4-11)17-14(19)10-7-8-15-9-10/h3-6,10,15H,2,7-9H2,1H3,(H,16,18)(H,17,19). The van der Waals surface area contributed by atoms with E-state index in [1.165, 1.54) is 0 Å². The molecule has 102 valence electrons. The number of anilines is 2. The second kappa shape index (κ2) is 6.33. The van der Waals surface area contributed by atoms with E-state index in [1.807, 2.05) is 0 Å². The van der Waals surface area contributed by atoms with Gasteiger partial charge in [-0.15, -0.1) is 0 Å². The van der Waals surface area contributed by atoms with Crippen molar-refractivity contribution in [2.75, 3.05) is 23.7 Å². The molecule has 1 saturated heterocycles. The summed E-state index contributed by atoms with van der Waals surface area (Å²) in [7, 11) is 0. The van der Waals surface area contributed by atoms with E-state index in [4.69, 9.17) is 0 Å². The number of benzene rings is 1. The molecular formula is C14H19N3O2. The lowest BCUT2D eigenvalue weighted by Gasteiger charge is -2.10. The van der Waals surface area contributed by atoms with Gasteiger partial charge in [0, 0.05) is 24.3 Å². The first-order chi connectivity index (χ1) is 9.19. The van der Waals surface area contributed by atoms with E-state index in [0.717, 1.165) is 30.9 Å². The zero-order chi connectivity index (χ0) is 13.7. The van der Waals surface area contributed by atoms with Gasteiger partial charge < -0.3 is 16.0 Å². The van der Waals surface area contributed by atoms with Gasteiger partial charge in [0.25, 0.3) is 0 Å². The van der Waals surface area contributed by atoms with E-state index in [0.29, 0.717) is 6.42 Å². The van der Waals surface area contributed by atoms with Crippen molar-refractivity contribution in [3.05, 3.63) is 24.3 Å². The van der Waals surface area contributed by atoms with Crippen molar-refractivity contribution in [1.29, 1.82) is 0 Å². The summed E-state index contributed by atoms with van der Waals surface area (Å²) in [6.45, 7) is 3.45. The molecule has 2 rings (SSSR count). The maximum atomic E-state index is 11.9. The zero-order valence-corrected chi connectivity index (χ0v) is 11.0. The highest BCUT2D eigenvalue weighted by Gasteiger charge is 2.22. The van der Waals surface area contributed by atoms with Crippen molar-refractivity contribution in [3.63, 3.8) is 0 Å². The topological polar surface area (TPSA) is 70.2 Å². The van der Waals surface area contributed by atoms with Crippen LogP contribution in [0.1, 0.15) is 19.8 Å². The second-order valence-corrected chi connectivity index (χ2v) is 4.66. The van der Waals surface area contributed by atoms with Crippen LogP contribution in [0.5, 0.6) is 0 Å². The van der Waals surface area contributed by atoms with Crippen LogP contribution in [-0.2, 0) is 9.59 Å². The molecule has 1 fully saturated rings. The Bertz CT molecular complexity index is 450. The summed E-state index contributed by atoms with van der Waals surface area (Å²) in [6, 6.07) is 7.17. The summed E-state index contributed by atoms with van der Waals surface area (Å²) in [5.41, 5.74) is 1.50. The summed E-state index contributed by atoms with van der Waals surface area (Å²) in [4.78, 5) is 23.1. The van der Waals surface area contributed by atoms with Crippen LogP contribution in [0.15, 0.2) is 24.3 Å². The Morgan fingerprint density at radius 1 is 1.21 bits per heavy atom. The third-order valence-electron chi connectivity index (χ3n) is 3.19. The number of hydrogen-bond acceptors (Lipinski definition) is 3. The summed E-state index contributed by atoms with van der Waals surface area (Å²) >= 11 is 0. The molecule has 19 heavy (non-hydrogen) atoms. The number of carbonyl (C=O) groups is 2. The largest absolute Gasteiger partial charge is 0.326 e. The smallest absolute Gasteiger partial charge is 0.228 e. The van der Waals surface area contributed by atoms with Crippen LogP contribution in [-0.4, -0.2) is 24.9 Å². The van der Waals surface area contributed by atoms with Crippen molar-refractivity contribution in [3.8, 4) is 0 Å². The van der Waals surface area contributed by atoms with Crippen LogP contribution < -0.4 is 16.0 Å². The van der Waals surface area contributed by atoms with Gasteiger partial charge in [0.15, 0.2) is 0 Å². The molecule has 3 N–H and O–H groups in total. The highest BCUT2D eigenvalue weighted by Crippen LogP contribution is 2.16. The molecule has 0 radical (unpaired) electrons. The van der Waals surface area contributed by atoms with Gasteiger partial charge in [-0.2, -0.15) is 0 Å². The van der Waals surface area contributed by atoms with Gasteiger partial charge in [-0.05, 0) is 37.2 Å². The molecule has 1 heterocycles. The van der Waals surface area contributed by atoms with Gasteiger partial charge in [-0.3, -0.25) is 9.59 Å². The third kappa shape index (κ3) is 3.79. The molecule has 1 aliphatic heterocycles. The number of amides is 2. The van der Waals surface area contributed by atoms with Crippen LogP contribution in [0.25, 0.3) is 0 Å². The Balaban J connectivity index is 1.91. The van der Waals surface area contributed by atoms with Crippen LogP contribution in [0, 0.1) is 5.92 Å². The fraction of sp³-hybridized carbons (Fsp3) is 0.429. The summed E-state index contributed by atoms with van der Waals surface area (Å²) in [6.07, 6.45) is 1.34. The zero-order valence-electron chi connectivity index (χ0n) is 11.0. The minimum absolute atomic E-state index is 0.0196. The van der Waals surface area contributed by atoms with E-state index in [-0.39, 0.29) is 17.7 Å². The lowest BCUT2D eigenvalue weighted by Crippen LogP contribution is -2.24. The van der Waals surface area contributed by atoms with E-state index >= 15 is 0 Å². The molecule has 0 saturated carbocycles. The molecule has 1 aliphatic rings. The van der Waals surface area contributed by atoms with Crippen LogP contribution in [0.3, 0.4) is 0 Å². The van der Waals surface area contributed by atoms with Crippen molar-refractivity contribution in [2.45, 2.75) is 19.8 Å². The summed E-state index contributed by atoms with van der Waals surface area (Å²) < 4.78 is 0. The quantitative estimate of drug-likeness (QED) is 0.770. The van der Waals surface area contributed by atoms with Crippen molar-refractivity contribution >= 4 is 23.2 Å². The highest BCUT2D eigenvalue weighted by atomic mass is 16.2. The fourth-order valence-electron chi connectivity index (χ4n) is 2.01. The predicted octanol–water partition coefficient (Wildman–Crippen LogP) is 1.58. The fourth-order valence-corrected chi connectivity index (χ4v) is 2.01. The minimum atomic E-state index is -0.0196. The predicted molar refractivity (Wildman–Crippen MR) is 75.0 cm³/mol. The maximum Gasteiger partial charge on any atom is 0.228 e. The minimum Gasteiger partial charge on any atom is -0.326 e. The Morgan fingerprint density at radius 3 is 2.37 bits per heavy atom. The number of hydrogen-bond donors (Lipinski definition) is 3. The molecule has 1 atom stereocenters. The van der Waals surface area contributed by atoms with E-state index < -0.39 is 0 Å². The normalized spacial score (nSPS) is 18.1. The van der Waals surface area contributed by atoms with Gasteiger partial charge in [0.2, 0.25) is 11.8 Å². The van der Waals surface area contributed by atoms with Crippen LogP contribution in [0.4, 0.5) is 11.4 Å². The lowest BCUT2D eigenvalue weighted by molar-refractivity contribution is -0.119. The average molecular weight is 261 g/mol. The molecular weight excluding hydrogens is 242 g/mol. The van der Waals surface area contributed by atoms with Crippen molar-refractivity contribution in [2.24, 2.45) is 5.92 Å². The van der Waals surface area contributed by atoms with Gasteiger partial charge in [-0.1, -0.05) is 6.92 Å². The Morgan fingerprint density at radius 2 is 1.84 bits per heavy atom. The highest BCUT2D eigenvalue weighted by molar-refractivity contribution is 5.94. The van der Waals surface area contributed by atoms with Crippen LogP contribution in [0.2, 0.25) is 0 Å². The molecule has 0 spiro atoms. The summed E-state index contributed by atoms with van der Waals surface area (Å²) in [5, 5.41) is 8.82. The van der Waals surface area contributed by atoms with Gasteiger partial charge in [0.1, 0.15) is 0 Å². The average Bonchev–Trinajstić information content (AvgIpc) is 2.95. The van der Waals surface area contributed by atoms with E-state index in [2.05, 4.69) is 16.0 Å². The first kappa shape index (κ1) is 13.5. The SMILES string of the molecule is CCC(=O)Nc1ccc(NC(=O)C2CCNC2)cc1. The van der Waals surface area contributed by atoms with Gasteiger partial charge in [-0.25, -0.2) is 0 Å². The van der Waals surface area contributed by atoms with Crippen LogP contribution >= 0.6 is 0 Å².